The van der Waals surface area contributed by atoms with Crippen LogP contribution in [0.5, 0.6) is 5.75 Å². The van der Waals surface area contributed by atoms with Crippen LogP contribution in [0.4, 0.5) is 5.69 Å². The summed E-state index contributed by atoms with van der Waals surface area (Å²) in [7, 11) is 0. The topological polar surface area (TPSA) is 45.9 Å². The Bertz CT molecular complexity index is 1040. The lowest BCUT2D eigenvalue weighted by atomic mass is 10.1. The van der Waals surface area contributed by atoms with E-state index in [0.717, 1.165) is 44.9 Å². The highest BCUT2D eigenvalue weighted by molar-refractivity contribution is 5.77. The lowest BCUT2D eigenvalue weighted by Gasteiger charge is -2.36. The van der Waals surface area contributed by atoms with Gasteiger partial charge in [-0.2, -0.15) is 0 Å². The Balaban J connectivity index is 1.22. The Morgan fingerprint density at radius 2 is 1.79 bits per heavy atom. The highest BCUT2D eigenvalue weighted by Gasteiger charge is 2.17. The van der Waals surface area contributed by atoms with Gasteiger partial charge in [0.2, 0.25) is 0 Å². The van der Waals surface area contributed by atoms with E-state index in [1.54, 1.807) is 12.1 Å². The van der Waals surface area contributed by atoms with E-state index in [0.29, 0.717) is 17.6 Å². The molecular formula is C24H28N2O3. The van der Waals surface area contributed by atoms with Crippen LogP contribution >= 0.6 is 0 Å². The summed E-state index contributed by atoms with van der Waals surface area (Å²) in [6.45, 7) is 10.3. The van der Waals surface area contributed by atoms with E-state index in [2.05, 4.69) is 41.8 Å². The quantitative estimate of drug-likeness (QED) is 0.594. The molecule has 0 unspecified atom stereocenters. The van der Waals surface area contributed by atoms with Crippen molar-refractivity contribution >= 4 is 16.7 Å². The molecule has 0 spiro atoms. The van der Waals surface area contributed by atoms with Gasteiger partial charge in [0.05, 0.1) is 18.3 Å². The van der Waals surface area contributed by atoms with E-state index >= 15 is 0 Å². The molecule has 0 bridgehead atoms. The Morgan fingerprint density at radius 3 is 2.59 bits per heavy atom. The van der Waals surface area contributed by atoms with Crippen LogP contribution in [0, 0.1) is 13.8 Å². The van der Waals surface area contributed by atoms with Gasteiger partial charge in [0.25, 0.3) is 0 Å². The van der Waals surface area contributed by atoms with Crippen molar-refractivity contribution in [1.82, 2.24) is 4.90 Å². The van der Waals surface area contributed by atoms with Crippen molar-refractivity contribution in [1.29, 1.82) is 0 Å². The second-order valence-electron chi connectivity index (χ2n) is 7.74. The van der Waals surface area contributed by atoms with Crippen molar-refractivity contribution in [2.75, 3.05) is 44.2 Å². The van der Waals surface area contributed by atoms with E-state index < -0.39 is 0 Å². The van der Waals surface area contributed by atoms with Gasteiger partial charge < -0.3 is 14.1 Å². The Kier molecular flexibility index (Phi) is 5.86. The van der Waals surface area contributed by atoms with Crippen LogP contribution in [-0.4, -0.2) is 44.2 Å². The maximum absolute atomic E-state index is 11.8. The number of hydrogen-bond donors (Lipinski definition) is 0. The number of rotatable bonds is 6. The molecule has 2 heterocycles. The van der Waals surface area contributed by atoms with Gasteiger partial charge in [-0.3, -0.25) is 9.69 Å². The molecule has 4 rings (SSSR count). The summed E-state index contributed by atoms with van der Waals surface area (Å²) in [6.07, 6.45) is 2.40. The number of nitrogens with zero attached hydrogens (tertiary/aromatic N) is 2. The summed E-state index contributed by atoms with van der Waals surface area (Å²) in [5.74, 6) is 0.742. The third-order valence-electron chi connectivity index (χ3n) is 5.75. The number of hydrogen-bond acceptors (Lipinski definition) is 5. The molecule has 5 heteroatoms. The van der Waals surface area contributed by atoms with Crippen LogP contribution in [-0.2, 0) is 0 Å². The lowest BCUT2D eigenvalue weighted by molar-refractivity contribution is 0.225. The fourth-order valence-corrected chi connectivity index (χ4v) is 3.78. The number of aryl methyl sites for hydroxylation is 2. The SMILES string of the molecule is Cc1ccc(N2CCN(CCCOc3ccc4c(=O)ccoc4c3)CC2)cc1C. The first-order chi connectivity index (χ1) is 14.1. The molecule has 0 saturated carbocycles. The predicted octanol–water partition coefficient (Wildman–Crippen LogP) is 4.00. The van der Waals surface area contributed by atoms with Crippen LogP contribution in [0.25, 0.3) is 11.0 Å². The molecule has 0 atom stereocenters. The fourth-order valence-electron chi connectivity index (χ4n) is 3.78. The first kappa shape index (κ1) is 19.5. The van der Waals surface area contributed by atoms with Gasteiger partial charge >= 0.3 is 0 Å². The number of piperazine rings is 1. The molecule has 3 aromatic rings. The van der Waals surface area contributed by atoms with Crippen LogP contribution in [0.3, 0.4) is 0 Å². The van der Waals surface area contributed by atoms with Crippen LogP contribution in [0.2, 0.25) is 0 Å². The second-order valence-corrected chi connectivity index (χ2v) is 7.74. The van der Waals surface area contributed by atoms with E-state index in [1.807, 2.05) is 6.07 Å². The summed E-state index contributed by atoms with van der Waals surface area (Å²) < 4.78 is 11.3. The Hall–Kier alpha value is -2.79. The Labute approximate surface area is 171 Å². The summed E-state index contributed by atoms with van der Waals surface area (Å²) in [6, 6.07) is 13.6. The zero-order valence-electron chi connectivity index (χ0n) is 17.2. The third kappa shape index (κ3) is 4.62. The first-order valence-electron chi connectivity index (χ1n) is 10.3. The molecule has 5 nitrogen and oxygen atoms in total. The summed E-state index contributed by atoms with van der Waals surface area (Å²) in [4.78, 5) is 16.7. The maximum Gasteiger partial charge on any atom is 0.192 e. The number of ether oxygens (including phenoxy) is 1. The minimum atomic E-state index is -0.0299. The van der Waals surface area contributed by atoms with Crippen LogP contribution in [0.15, 0.2) is 57.9 Å². The molecule has 29 heavy (non-hydrogen) atoms. The number of anilines is 1. The van der Waals surface area contributed by atoms with Crippen molar-refractivity contribution in [3.63, 3.8) is 0 Å². The molecule has 1 saturated heterocycles. The van der Waals surface area contributed by atoms with Crippen LogP contribution in [0.1, 0.15) is 17.5 Å². The van der Waals surface area contributed by atoms with E-state index in [1.165, 1.54) is 29.1 Å². The van der Waals surface area contributed by atoms with E-state index in [4.69, 9.17) is 9.15 Å². The minimum Gasteiger partial charge on any atom is -0.493 e. The van der Waals surface area contributed by atoms with Gasteiger partial charge in [-0.05, 0) is 55.7 Å². The van der Waals surface area contributed by atoms with Crippen molar-refractivity contribution < 1.29 is 9.15 Å². The average Bonchev–Trinajstić information content (AvgIpc) is 2.74. The molecule has 0 radical (unpaired) electrons. The van der Waals surface area contributed by atoms with Gasteiger partial charge in [0.1, 0.15) is 11.3 Å². The van der Waals surface area contributed by atoms with Gasteiger partial charge in [-0.15, -0.1) is 0 Å². The fraction of sp³-hybridized carbons (Fsp3) is 0.375. The molecule has 0 aliphatic carbocycles. The van der Waals surface area contributed by atoms with Gasteiger partial charge in [0.15, 0.2) is 5.43 Å². The molecule has 1 aliphatic rings. The summed E-state index contributed by atoms with van der Waals surface area (Å²) >= 11 is 0. The highest BCUT2D eigenvalue weighted by Crippen LogP contribution is 2.21. The van der Waals surface area contributed by atoms with Gasteiger partial charge in [-0.1, -0.05) is 6.07 Å². The predicted molar refractivity (Wildman–Crippen MR) is 117 cm³/mol. The largest absolute Gasteiger partial charge is 0.493 e. The van der Waals surface area contributed by atoms with E-state index in [-0.39, 0.29) is 5.43 Å². The van der Waals surface area contributed by atoms with Gasteiger partial charge in [0, 0.05) is 50.5 Å². The van der Waals surface area contributed by atoms with Crippen molar-refractivity contribution in [3.8, 4) is 5.75 Å². The zero-order valence-corrected chi connectivity index (χ0v) is 17.2. The average molecular weight is 392 g/mol. The molecule has 0 amide bonds. The molecule has 1 aromatic heterocycles. The molecule has 152 valence electrons. The smallest absolute Gasteiger partial charge is 0.192 e. The highest BCUT2D eigenvalue weighted by atomic mass is 16.5. The molecule has 1 fully saturated rings. The minimum absolute atomic E-state index is 0.0299. The monoisotopic (exact) mass is 392 g/mol. The molecule has 2 aromatic carbocycles. The van der Waals surface area contributed by atoms with Crippen molar-refractivity contribution in [2.24, 2.45) is 0 Å². The van der Waals surface area contributed by atoms with Gasteiger partial charge in [-0.25, -0.2) is 0 Å². The zero-order chi connectivity index (χ0) is 20.2. The molecule has 1 aliphatic heterocycles. The lowest BCUT2D eigenvalue weighted by Crippen LogP contribution is -2.46. The first-order valence-corrected chi connectivity index (χ1v) is 10.3. The molecule has 0 N–H and O–H groups in total. The second kappa shape index (κ2) is 8.70. The summed E-state index contributed by atoms with van der Waals surface area (Å²) in [5, 5.41) is 0.585. The molecular weight excluding hydrogens is 364 g/mol. The van der Waals surface area contributed by atoms with Crippen LogP contribution < -0.4 is 15.1 Å². The van der Waals surface area contributed by atoms with E-state index in [9.17, 15) is 4.79 Å². The number of fused-ring (bicyclic) bond motifs is 1. The van der Waals surface area contributed by atoms with Crippen molar-refractivity contribution in [3.05, 3.63) is 70.1 Å². The standard InChI is InChI=1S/C24H28N2O3/c1-18-4-5-20(16-19(18)2)26-12-10-25(11-13-26)9-3-14-28-21-6-7-22-23(27)8-15-29-24(22)17-21/h4-8,15-17H,3,9-14H2,1-2H3. The third-order valence-corrected chi connectivity index (χ3v) is 5.75. The maximum atomic E-state index is 11.8. The Morgan fingerprint density at radius 1 is 0.966 bits per heavy atom. The van der Waals surface area contributed by atoms with Crippen molar-refractivity contribution in [2.45, 2.75) is 20.3 Å². The number of benzene rings is 2. The summed E-state index contributed by atoms with van der Waals surface area (Å²) in [5.41, 5.74) is 4.57. The normalized spacial score (nSPS) is 15.0.